The van der Waals surface area contributed by atoms with Crippen LogP contribution in [0.25, 0.3) is 10.6 Å². The Bertz CT molecular complexity index is 613. The molecule has 0 saturated carbocycles. The second kappa shape index (κ2) is 5.31. The van der Waals surface area contributed by atoms with Gasteiger partial charge < -0.3 is 9.84 Å². The van der Waals surface area contributed by atoms with E-state index in [2.05, 4.69) is 4.98 Å². The first-order chi connectivity index (χ1) is 9.02. The van der Waals surface area contributed by atoms with Gasteiger partial charge in [0.1, 0.15) is 10.8 Å². The number of rotatable bonds is 4. The third kappa shape index (κ3) is 2.70. The summed E-state index contributed by atoms with van der Waals surface area (Å²) in [7, 11) is 1.42. The van der Waals surface area contributed by atoms with Gasteiger partial charge >= 0.3 is 5.97 Å². The maximum absolute atomic E-state index is 12.5. The van der Waals surface area contributed by atoms with Gasteiger partial charge in [0.05, 0.1) is 23.1 Å². The fraction of sp³-hybridized carbons (Fsp3) is 0.167. The zero-order valence-corrected chi connectivity index (χ0v) is 10.6. The number of benzene rings is 1. The number of thiazole rings is 1. The highest BCUT2D eigenvalue weighted by Crippen LogP contribution is 2.36. The number of nitrogens with zero attached hydrogens (tertiary/aromatic N) is 1. The van der Waals surface area contributed by atoms with Gasteiger partial charge in [0.25, 0.3) is 6.43 Å². The van der Waals surface area contributed by atoms with E-state index in [-0.39, 0.29) is 10.4 Å². The molecule has 0 aliphatic carbocycles. The fourth-order valence-electron chi connectivity index (χ4n) is 1.52. The van der Waals surface area contributed by atoms with E-state index in [0.29, 0.717) is 16.3 Å². The predicted octanol–water partition coefficient (Wildman–Crippen LogP) is 3.45. The molecule has 0 fully saturated rings. The molecule has 1 aromatic carbocycles. The maximum Gasteiger partial charge on any atom is 0.335 e. The van der Waals surface area contributed by atoms with Crippen molar-refractivity contribution >= 4 is 17.3 Å². The molecule has 19 heavy (non-hydrogen) atoms. The van der Waals surface area contributed by atoms with Gasteiger partial charge in [-0.3, -0.25) is 0 Å². The molecule has 2 aromatic rings. The molecule has 2 rings (SSSR count). The molecular formula is C12H9F2NO3S. The highest BCUT2D eigenvalue weighted by atomic mass is 32.1. The van der Waals surface area contributed by atoms with Crippen molar-refractivity contribution in [2.24, 2.45) is 0 Å². The summed E-state index contributed by atoms with van der Waals surface area (Å²) in [5.41, 5.74) is 0.434. The minimum atomic E-state index is -2.60. The van der Waals surface area contributed by atoms with E-state index in [9.17, 15) is 13.6 Å². The van der Waals surface area contributed by atoms with E-state index < -0.39 is 12.4 Å². The molecule has 0 aliphatic heterocycles. The van der Waals surface area contributed by atoms with Crippen molar-refractivity contribution in [1.29, 1.82) is 0 Å². The Hall–Kier alpha value is -2.02. The third-order valence-electron chi connectivity index (χ3n) is 2.42. The summed E-state index contributed by atoms with van der Waals surface area (Å²) in [4.78, 5) is 14.6. The average Bonchev–Trinajstić information content (AvgIpc) is 2.87. The summed E-state index contributed by atoms with van der Waals surface area (Å²) in [6, 6.07) is 4.21. The number of aromatic nitrogens is 1. The molecule has 0 spiro atoms. The SMILES string of the molecule is COc1ccc(C(=O)O)cc1-c1ncc(C(F)F)s1. The molecular weight excluding hydrogens is 276 g/mol. The van der Waals surface area contributed by atoms with Gasteiger partial charge in [-0.25, -0.2) is 18.6 Å². The van der Waals surface area contributed by atoms with Crippen molar-refractivity contribution in [1.82, 2.24) is 4.98 Å². The molecule has 100 valence electrons. The minimum Gasteiger partial charge on any atom is -0.496 e. The Balaban J connectivity index is 2.51. The molecule has 1 aromatic heterocycles. The quantitative estimate of drug-likeness (QED) is 0.934. The van der Waals surface area contributed by atoms with Crippen LogP contribution in [-0.2, 0) is 0 Å². The number of hydrogen-bond donors (Lipinski definition) is 1. The van der Waals surface area contributed by atoms with Gasteiger partial charge in [-0.2, -0.15) is 0 Å². The van der Waals surface area contributed by atoms with Gasteiger partial charge in [-0.05, 0) is 18.2 Å². The van der Waals surface area contributed by atoms with Gasteiger partial charge in [-0.15, -0.1) is 11.3 Å². The number of alkyl halides is 2. The van der Waals surface area contributed by atoms with Crippen molar-refractivity contribution in [2.45, 2.75) is 6.43 Å². The molecule has 4 nitrogen and oxygen atoms in total. The van der Waals surface area contributed by atoms with Crippen LogP contribution in [0.5, 0.6) is 5.75 Å². The van der Waals surface area contributed by atoms with Crippen molar-refractivity contribution in [3.05, 3.63) is 34.8 Å². The maximum atomic E-state index is 12.5. The number of carboxylic acids is 1. The molecule has 0 atom stereocenters. The lowest BCUT2D eigenvalue weighted by molar-refractivity contribution is 0.0697. The number of ether oxygens (including phenoxy) is 1. The Morgan fingerprint density at radius 2 is 2.21 bits per heavy atom. The summed E-state index contributed by atoms with van der Waals surface area (Å²) in [5, 5.41) is 9.24. The van der Waals surface area contributed by atoms with E-state index >= 15 is 0 Å². The highest BCUT2D eigenvalue weighted by molar-refractivity contribution is 7.15. The van der Waals surface area contributed by atoms with Gasteiger partial charge in [0.2, 0.25) is 0 Å². The number of aromatic carboxylic acids is 1. The molecule has 1 heterocycles. The van der Waals surface area contributed by atoms with Crippen LogP contribution in [0.3, 0.4) is 0 Å². The summed E-state index contributed by atoms with van der Waals surface area (Å²) in [6.07, 6.45) is -1.52. The summed E-state index contributed by atoms with van der Waals surface area (Å²) < 4.78 is 30.2. The first-order valence-electron chi connectivity index (χ1n) is 5.18. The van der Waals surface area contributed by atoms with Crippen LogP contribution in [0.15, 0.2) is 24.4 Å². The lowest BCUT2D eigenvalue weighted by atomic mass is 10.1. The smallest absolute Gasteiger partial charge is 0.335 e. The summed E-state index contributed by atoms with van der Waals surface area (Å²) in [6.45, 7) is 0. The molecule has 1 N–H and O–H groups in total. The first kappa shape index (κ1) is 13.4. The van der Waals surface area contributed by atoms with Crippen LogP contribution in [0.2, 0.25) is 0 Å². The van der Waals surface area contributed by atoms with Crippen molar-refractivity contribution in [2.75, 3.05) is 7.11 Å². The molecule has 0 amide bonds. The monoisotopic (exact) mass is 285 g/mol. The number of carbonyl (C=O) groups is 1. The van der Waals surface area contributed by atoms with Crippen LogP contribution in [0, 0.1) is 0 Å². The Kier molecular flexibility index (Phi) is 3.75. The standard InChI is InChI=1S/C12H9F2NO3S/c1-18-8-3-2-6(12(16)17)4-7(8)11-15-5-9(19-11)10(13)14/h2-5,10H,1H3,(H,16,17). The Labute approximate surface area is 111 Å². The van der Waals surface area contributed by atoms with Gasteiger partial charge in [-0.1, -0.05) is 0 Å². The summed E-state index contributed by atoms with van der Waals surface area (Å²) >= 11 is 0.810. The number of hydrogen-bond acceptors (Lipinski definition) is 4. The number of carboxylic acid groups (broad SMARTS) is 1. The molecule has 7 heteroatoms. The lowest BCUT2D eigenvalue weighted by Crippen LogP contribution is -1.97. The van der Waals surface area contributed by atoms with E-state index in [4.69, 9.17) is 9.84 Å². The molecule has 0 bridgehead atoms. The van der Waals surface area contributed by atoms with E-state index in [1.807, 2.05) is 0 Å². The normalized spacial score (nSPS) is 10.7. The predicted molar refractivity (Wildman–Crippen MR) is 66.0 cm³/mol. The minimum absolute atomic E-state index is 0.0459. The van der Waals surface area contributed by atoms with Crippen LogP contribution < -0.4 is 4.74 Å². The fourth-order valence-corrected chi connectivity index (χ4v) is 2.31. The first-order valence-corrected chi connectivity index (χ1v) is 6.00. The van der Waals surface area contributed by atoms with Crippen LogP contribution in [0.1, 0.15) is 21.7 Å². The summed E-state index contributed by atoms with van der Waals surface area (Å²) in [5.74, 6) is -0.713. The number of methoxy groups -OCH3 is 1. The van der Waals surface area contributed by atoms with Crippen molar-refractivity contribution in [3.63, 3.8) is 0 Å². The van der Waals surface area contributed by atoms with Crippen molar-refractivity contribution in [3.8, 4) is 16.3 Å². The molecule has 0 saturated heterocycles. The topological polar surface area (TPSA) is 59.4 Å². The van der Waals surface area contributed by atoms with Gasteiger partial charge in [0.15, 0.2) is 0 Å². The molecule has 0 radical (unpaired) electrons. The van der Waals surface area contributed by atoms with Gasteiger partial charge in [0, 0.05) is 6.20 Å². The van der Waals surface area contributed by atoms with Crippen LogP contribution in [-0.4, -0.2) is 23.2 Å². The van der Waals surface area contributed by atoms with E-state index in [0.717, 1.165) is 17.5 Å². The lowest BCUT2D eigenvalue weighted by Gasteiger charge is -2.06. The second-order valence-electron chi connectivity index (χ2n) is 3.59. The van der Waals surface area contributed by atoms with E-state index in [1.54, 1.807) is 0 Å². The largest absolute Gasteiger partial charge is 0.496 e. The second-order valence-corrected chi connectivity index (χ2v) is 4.65. The Morgan fingerprint density at radius 1 is 1.47 bits per heavy atom. The molecule has 0 aliphatic rings. The average molecular weight is 285 g/mol. The zero-order valence-electron chi connectivity index (χ0n) is 9.76. The zero-order chi connectivity index (χ0) is 14.0. The number of halogens is 2. The third-order valence-corrected chi connectivity index (χ3v) is 3.45. The van der Waals surface area contributed by atoms with Crippen molar-refractivity contribution < 1.29 is 23.4 Å². The molecule has 0 unspecified atom stereocenters. The van der Waals surface area contributed by atoms with E-state index in [1.165, 1.54) is 25.3 Å². The van der Waals surface area contributed by atoms with Crippen LogP contribution in [0.4, 0.5) is 8.78 Å². The Morgan fingerprint density at radius 3 is 2.74 bits per heavy atom. The van der Waals surface area contributed by atoms with Crippen LogP contribution >= 0.6 is 11.3 Å². The highest BCUT2D eigenvalue weighted by Gasteiger charge is 2.17.